The van der Waals surface area contributed by atoms with Crippen LogP contribution >= 0.6 is 24.0 Å². The molecule has 0 saturated carbocycles. The Balaban J connectivity index is 1.77. The number of ether oxygens (including phenoxy) is 1. The summed E-state index contributed by atoms with van der Waals surface area (Å²) in [5, 5.41) is 1.04. The highest BCUT2D eigenvalue weighted by atomic mass is 32.2. The number of halogens is 1. The van der Waals surface area contributed by atoms with E-state index in [9.17, 15) is 9.18 Å². The Bertz CT molecular complexity index is 1190. The van der Waals surface area contributed by atoms with Gasteiger partial charge in [-0.3, -0.25) is 9.69 Å². The molecule has 160 valence electrons. The zero-order valence-electron chi connectivity index (χ0n) is 17.4. The van der Waals surface area contributed by atoms with E-state index in [0.717, 1.165) is 22.9 Å². The van der Waals surface area contributed by atoms with E-state index in [1.165, 1.54) is 23.4 Å². The molecule has 0 aliphatic carbocycles. The number of thioether (sulfide) groups is 1. The summed E-state index contributed by atoms with van der Waals surface area (Å²) >= 11 is 6.70. The van der Waals surface area contributed by atoms with Crippen molar-refractivity contribution in [1.29, 1.82) is 0 Å². The minimum Gasteiger partial charge on any atom is -0.383 e. The van der Waals surface area contributed by atoms with E-state index in [1.54, 1.807) is 24.1 Å². The predicted molar refractivity (Wildman–Crippen MR) is 129 cm³/mol. The van der Waals surface area contributed by atoms with Crippen LogP contribution in [0.2, 0.25) is 0 Å². The highest BCUT2D eigenvalue weighted by Crippen LogP contribution is 2.35. The quantitative estimate of drug-likeness (QED) is 0.361. The average molecular weight is 455 g/mol. The smallest absolute Gasteiger partial charge is 0.266 e. The summed E-state index contributed by atoms with van der Waals surface area (Å²) in [7, 11) is 1.60. The van der Waals surface area contributed by atoms with Gasteiger partial charge >= 0.3 is 0 Å². The van der Waals surface area contributed by atoms with Gasteiger partial charge in [0.15, 0.2) is 0 Å². The van der Waals surface area contributed by atoms with Gasteiger partial charge in [-0.1, -0.05) is 67.3 Å². The maximum absolute atomic E-state index is 14.3. The Kier molecular flexibility index (Phi) is 6.55. The molecule has 4 nitrogen and oxygen atoms in total. The van der Waals surface area contributed by atoms with E-state index in [1.807, 2.05) is 30.5 Å². The molecule has 1 aliphatic heterocycles. The van der Waals surface area contributed by atoms with Crippen LogP contribution in [0.5, 0.6) is 0 Å². The Labute approximate surface area is 190 Å². The van der Waals surface area contributed by atoms with E-state index in [4.69, 9.17) is 17.0 Å². The fourth-order valence-electron chi connectivity index (χ4n) is 3.82. The molecule has 1 aliphatic rings. The van der Waals surface area contributed by atoms with Gasteiger partial charge in [0.25, 0.3) is 5.91 Å². The topological polar surface area (TPSA) is 34.5 Å². The van der Waals surface area contributed by atoms with Crippen LogP contribution in [0.1, 0.15) is 23.6 Å². The number of methoxy groups -OCH3 is 1. The van der Waals surface area contributed by atoms with Gasteiger partial charge < -0.3 is 9.30 Å². The van der Waals surface area contributed by atoms with Crippen molar-refractivity contribution in [3.63, 3.8) is 0 Å². The number of hydrogen-bond acceptors (Lipinski definition) is 4. The SMILES string of the molecule is CCc1cccc2c(/C=C3\SC(=S)N(CCOC)C3=O)cn(Cc3ccccc3F)c12. The molecular formula is C24H23FN2O2S2. The van der Waals surface area contributed by atoms with Crippen molar-refractivity contribution in [2.24, 2.45) is 0 Å². The lowest BCUT2D eigenvalue weighted by Gasteiger charge is -2.12. The number of aryl methyl sites for hydroxylation is 1. The summed E-state index contributed by atoms with van der Waals surface area (Å²) in [6, 6.07) is 13.0. The molecule has 31 heavy (non-hydrogen) atoms. The lowest BCUT2D eigenvalue weighted by molar-refractivity contribution is -0.122. The largest absolute Gasteiger partial charge is 0.383 e. The van der Waals surface area contributed by atoms with Crippen LogP contribution in [0.4, 0.5) is 4.39 Å². The Morgan fingerprint density at radius 2 is 1.94 bits per heavy atom. The van der Waals surface area contributed by atoms with Crippen LogP contribution in [0.25, 0.3) is 17.0 Å². The molecule has 0 bridgehead atoms. The molecule has 0 radical (unpaired) electrons. The predicted octanol–water partition coefficient (Wildman–Crippen LogP) is 5.24. The average Bonchev–Trinajstić information content (AvgIpc) is 3.25. The standard InChI is InChI=1S/C24H23FN2O2S2/c1-3-16-8-6-9-19-18(13-21-23(28)27(11-12-29-2)24(30)31-21)15-26(22(16)19)14-17-7-4-5-10-20(17)25/h4-10,13,15H,3,11-12,14H2,1-2H3/b21-13-. The number of rotatable bonds is 7. The Morgan fingerprint density at radius 1 is 1.16 bits per heavy atom. The fraction of sp³-hybridized carbons (Fsp3) is 0.250. The van der Waals surface area contributed by atoms with Gasteiger partial charge in [-0.25, -0.2) is 4.39 Å². The summed E-state index contributed by atoms with van der Waals surface area (Å²) in [5.74, 6) is -0.326. The zero-order valence-corrected chi connectivity index (χ0v) is 19.1. The number of nitrogens with zero attached hydrogens (tertiary/aromatic N) is 2. The molecule has 0 N–H and O–H groups in total. The minimum atomic E-state index is -0.223. The van der Waals surface area contributed by atoms with Crippen LogP contribution in [0.15, 0.2) is 53.6 Å². The van der Waals surface area contributed by atoms with Gasteiger partial charge in [-0.05, 0) is 24.1 Å². The first-order valence-electron chi connectivity index (χ1n) is 10.1. The number of fused-ring (bicyclic) bond motifs is 1. The summed E-state index contributed by atoms with van der Waals surface area (Å²) in [6.45, 7) is 3.40. The molecule has 1 fully saturated rings. The van der Waals surface area contributed by atoms with Gasteiger partial charge in [0, 0.05) is 29.8 Å². The number of carbonyl (C=O) groups excluding carboxylic acids is 1. The molecule has 2 heterocycles. The number of amides is 1. The van der Waals surface area contributed by atoms with Crippen molar-refractivity contribution in [3.05, 3.63) is 76.1 Å². The first-order chi connectivity index (χ1) is 15.0. The van der Waals surface area contributed by atoms with E-state index in [2.05, 4.69) is 17.6 Å². The van der Waals surface area contributed by atoms with Crippen LogP contribution in [-0.2, 0) is 22.5 Å². The van der Waals surface area contributed by atoms with Gasteiger partial charge in [-0.15, -0.1) is 0 Å². The highest BCUT2D eigenvalue weighted by Gasteiger charge is 2.31. The molecule has 7 heteroatoms. The van der Waals surface area contributed by atoms with E-state index < -0.39 is 0 Å². The molecule has 2 aromatic carbocycles. The van der Waals surface area contributed by atoms with Crippen molar-refractivity contribution in [3.8, 4) is 0 Å². The highest BCUT2D eigenvalue weighted by molar-refractivity contribution is 8.26. The van der Waals surface area contributed by atoms with Crippen LogP contribution < -0.4 is 0 Å². The Morgan fingerprint density at radius 3 is 2.68 bits per heavy atom. The third-order valence-electron chi connectivity index (χ3n) is 5.37. The summed E-state index contributed by atoms with van der Waals surface area (Å²) in [4.78, 5) is 15.0. The molecule has 4 rings (SSSR count). The molecule has 1 amide bonds. The second-order valence-electron chi connectivity index (χ2n) is 7.30. The van der Waals surface area contributed by atoms with Crippen LogP contribution in [0.3, 0.4) is 0 Å². The van der Waals surface area contributed by atoms with E-state index in [0.29, 0.717) is 34.5 Å². The maximum atomic E-state index is 14.3. The van der Waals surface area contributed by atoms with Crippen LogP contribution in [-0.4, -0.2) is 40.0 Å². The third-order valence-corrected chi connectivity index (χ3v) is 6.75. The monoisotopic (exact) mass is 454 g/mol. The summed E-state index contributed by atoms with van der Waals surface area (Å²) < 4.78 is 22.0. The van der Waals surface area contributed by atoms with Gasteiger partial charge in [0.05, 0.1) is 30.1 Å². The van der Waals surface area contributed by atoms with Crippen molar-refractivity contribution in [2.75, 3.05) is 20.3 Å². The van der Waals surface area contributed by atoms with Crippen molar-refractivity contribution >= 4 is 51.2 Å². The maximum Gasteiger partial charge on any atom is 0.266 e. The van der Waals surface area contributed by atoms with Crippen molar-refractivity contribution < 1.29 is 13.9 Å². The number of aromatic nitrogens is 1. The summed E-state index contributed by atoms with van der Waals surface area (Å²) in [6.07, 6.45) is 4.75. The van der Waals surface area contributed by atoms with Gasteiger partial charge in [-0.2, -0.15) is 0 Å². The molecule has 3 aromatic rings. The number of benzene rings is 2. The van der Waals surface area contributed by atoms with Crippen molar-refractivity contribution in [1.82, 2.24) is 9.47 Å². The molecule has 0 spiro atoms. The minimum absolute atomic E-state index is 0.103. The van der Waals surface area contributed by atoms with Crippen molar-refractivity contribution in [2.45, 2.75) is 19.9 Å². The molecular weight excluding hydrogens is 431 g/mol. The number of hydrogen-bond donors (Lipinski definition) is 0. The van der Waals surface area contributed by atoms with Crippen LogP contribution in [0, 0.1) is 5.82 Å². The normalized spacial score (nSPS) is 15.6. The number of para-hydroxylation sites is 1. The lowest BCUT2D eigenvalue weighted by atomic mass is 10.1. The first-order valence-corrected chi connectivity index (χ1v) is 11.3. The summed E-state index contributed by atoms with van der Waals surface area (Å²) in [5.41, 5.74) is 3.80. The third kappa shape index (κ3) is 4.31. The molecule has 1 saturated heterocycles. The zero-order chi connectivity index (χ0) is 22.0. The first kappa shape index (κ1) is 21.7. The second kappa shape index (κ2) is 9.34. The number of thiocarbonyl (C=S) groups is 1. The number of carbonyl (C=O) groups is 1. The molecule has 1 aromatic heterocycles. The van der Waals surface area contributed by atoms with E-state index in [-0.39, 0.29) is 11.7 Å². The molecule has 0 atom stereocenters. The van der Waals surface area contributed by atoms with Gasteiger partial charge in [0.2, 0.25) is 0 Å². The van der Waals surface area contributed by atoms with Gasteiger partial charge in [0.1, 0.15) is 10.1 Å². The molecule has 0 unspecified atom stereocenters. The fourth-order valence-corrected chi connectivity index (χ4v) is 5.12. The van der Waals surface area contributed by atoms with E-state index >= 15 is 0 Å². The lowest BCUT2D eigenvalue weighted by Crippen LogP contribution is -2.31. The Hall–Kier alpha value is -2.48. The second-order valence-corrected chi connectivity index (χ2v) is 8.97.